The second-order valence-electron chi connectivity index (χ2n) is 6.63. The third kappa shape index (κ3) is 5.01. The summed E-state index contributed by atoms with van der Waals surface area (Å²) < 4.78 is 11.3. The highest BCUT2D eigenvalue weighted by Gasteiger charge is 2.31. The van der Waals surface area contributed by atoms with Gasteiger partial charge in [-0.1, -0.05) is 36.4 Å². The molecule has 7 heteroatoms. The van der Waals surface area contributed by atoms with E-state index in [4.69, 9.17) is 14.6 Å². The van der Waals surface area contributed by atoms with Crippen molar-refractivity contribution in [1.29, 1.82) is 0 Å². The van der Waals surface area contributed by atoms with Crippen LogP contribution < -0.4 is 14.8 Å². The van der Waals surface area contributed by atoms with Gasteiger partial charge in [-0.3, -0.25) is 14.5 Å². The molecule has 0 bridgehead atoms. The monoisotopic (exact) mass is 384 g/mol. The molecule has 0 spiro atoms. The highest BCUT2D eigenvalue weighted by atomic mass is 16.5. The Morgan fingerprint density at radius 3 is 2.68 bits per heavy atom. The van der Waals surface area contributed by atoms with Gasteiger partial charge in [-0.15, -0.1) is 0 Å². The Morgan fingerprint density at radius 1 is 1.18 bits per heavy atom. The molecule has 2 N–H and O–H groups in total. The summed E-state index contributed by atoms with van der Waals surface area (Å²) in [5.41, 5.74) is 1.98. The predicted octanol–water partition coefficient (Wildman–Crippen LogP) is 2.05. The van der Waals surface area contributed by atoms with E-state index in [9.17, 15) is 9.59 Å². The number of piperazine rings is 1. The van der Waals surface area contributed by atoms with E-state index in [0.29, 0.717) is 37.7 Å². The number of aliphatic carboxylic acids is 1. The highest BCUT2D eigenvalue weighted by molar-refractivity contribution is 5.86. The molecule has 3 rings (SSSR count). The fraction of sp³-hybridized carbons (Fsp3) is 0.333. The lowest BCUT2D eigenvalue weighted by Crippen LogP contribution is -2.55. The van der Waals surface area contributed by atoms with Crippen molar-refractivity contribution in [3.63, 3.8) is 0 Å². The number of carbonyl (C=O) groups excluding carboxylic acids is 1. The maximum absolute atomic E-state index is 12.1. The van der Waals surface area contributed by atoms with E-state index in [-0.39, 0.29) is 12.3 Å². The summed E-state index contributed by atoms with van der Waals surface area (Å²) in [5.74, 6) is -0.00373. The van der Waals surface area contributed by atoms with Crippen LogP contribution in [0.25, 0.3) is 0 Å². The number of carboxylic acid groups (broad SMARTS) is 1. The van der Waals surface area contributed by atoms with E-state index in [1.807, 2.05) is 53.4 Å². The number of ether oxygens (including phenoxy) is 2. The molecule has 28 heavy (non-hydrogen) atoms. The van der Waals surface area contributed by atoms with Gasteiger partial charge >= 0.3 is 5.97 Å². The minimum Gasteiger partial charge on any atom is -0.493 e. The van der Waals surface area contributed by atoms with Crippen molar-refractivity contribution in [3.05, 3.63) is 59.7 Å². The second-order valence-corrected chi connectivity index (χ2v) is 6.63. The molecular weight excluding hydrogens is 360 g/mol. The van der Waals surface area contributed by atoms with Gasteiger partial charge in [0.2, 0.25) is 5.91 Å². The Labute approximate surface area is 163 Å². The van der Waals surface area contributed by atoms with Crippen molar-refractivity contribution < 1.29 is 24.2 Å². The summed E-state index contributed by atoms with van der Waals surface area (Å²) in [6, 6.07) is 14.8. The molecule has 1 aliphatic heterocycles. The zero-order valence-corrected chi connectivity index (χ0v) is 15.8. The van der Waals surface area contributed by atoms with E-state index in [0.717, 1.165) is 11.1 Å². The van der Waals surface area contributed by atoms with Crippen LogP contribution in [0.5, 0.6) is 11.5 Å². The number of methoxy groups -OCH3 is 1. The molecule has 0 aromatic heterocycles. The van der Waals surface area contributed by atoms with Gasteiger partial charge in [-0.05, 0) is 23.3 Å². The Hall–Kier alpha value is -3.06. The molecule has 1 aliphatic rings. The number of nitrogens with zero attached hydrogens (tertiary/aromatic N) is 1. The highest BCUT2D eigenvalue weighted by Crippen LogP contribution is 2.30. The zero-order chi connectivity index (χ0) is 19.9. The summed E-state index contributed by atoms with van der Waals surface area (Å²) in [7, 11) is 1.58. The summed E-state index contributed by atoms with van der Waals surface area (Å²) in [6.45, 7) is 1.99. The molecule has 2 aromatic rings. The van der Waals surface area contributed by atoms with Gasteiger partial charge in [0.1, 0.15) is 12.6 Å². The molecule has 1 amide bonds. The molecule has 2 aromatic carbocycles. The number of hydrogen-bond donors (Lipinski definition) is 2. The van der Waals surface area contributed by atoms with Crippen molar-refractivity contribution in [3.8, 4) is 11.5 Å². The van der Waals surface area contributed by atoms with Gasteiger partial charge < -0.3 is 19.9 Å². The molecule has 7 nitrogen and oxygen atoms in total. The van der Waals surface area contributed by atoms with Crippen LogP contribution in [0.15, 0.2) is 48.5 Å². The fourth-order valence-electron chi connectivity index (χ4n) is 3.24. The van der Waals surface area contributed by atoms with Gasteiger partial charge in [0.25, 0.3) is 0 Å². The van der Waals surface area contributed by atoms with Crippen LogP contribution in [0.1, 0.15) is 17.5 Å². The number of hydrogen-bond acceptors (Lipinski definition) is 5. The molecule has 1 unspecified atom stereocenters. The molecule has 0 saturated carbocycles. The fourth-order valence-corrected chi connectivity index (χ4v) is 3.24. The van der Waals surface area contributed by atoms with Crippen LogP contribution in [0.4, 0.5) is 0 Å². The maximum atomic E-state index is 12.1. The first-order valence-corrected chi connectivity index (χ1v) is 9.14. The number of nitrogens with one attached hydrogen (secondary N) is 1. The zero-order valence-electron chi connectivity index (χ0n) is 15.8. The number of benzene rings is 2. The van der Waals surface area contributed by atoms with E-state index in [1.165, 1.54) is 0 Å². The van der Waals surface area contributed by atoms with Crippen LogP contribution >= 0.6 is 0 Å². The largest absolute Gasteiger partial charge is 0.493 e. The van der Waals surface area contributed by atoms with Crippen LogP contribution in [-0.2, 0) is 22.7 Å². The van der Waals surface area contributed by atoms with Gasteiger partial charge in [-0.2, -0.15) is 0 Å². The topological polar surface area (TPSA) is 88.1 Å². The van der Waals surface area contributed by atoms with E-state index in [2.05, 4.69) is 5.32 Å². The number of rotatable bonds is 8. The summed E-state index contributed by atoms with van der Waals surface area (Å²) >= 11 is 0. The standard InChI is InChI=1S/C21H24N2O5/c1-27-19-11-16(7-8-18(19)28-14-15-5-3-2-4-6-15)13-23-10-9-22-21(26)17(23)12-20(24)25/h2-8,11,17H,9-10,12-14H2,1H3,(H,22,26)(H,24,25). The quantitative estimate of drug-likeness (QED) is 0.724. The smallest absolute Gasteiger partial charge is 0.305 e. The van der Waals surface area contributed by atoms with Crippen molar-refractivity contribution in [2.45, 2.75) is 25.6 Å². The van der Waals surface area contributed by atoms with Crippen LogP contribution in [-0.4, -0.2) is 48.1 Å². The molecule has 1 atom stereocenters. The first-order chi connectivity index (χ1) is 13.6. The average molecular weight is 384 g/mol. The van der Waals surface area contributed by atoms with Crippen molar-refractivity contribution in [2.75, 3.05) is 20.2 Å². The Bertz CT molecular complexity index is 825. The van der Waals surface area contributed by atoms with E-state index < -0.39 is 12.0 Å². The summed E-state index contributed by atoms with van der Waals surface area (Å²) in [6.07, 6.45) is -0.221. The molecule has 1 heterocycles. The number of carboxylic acids is 1. The lowest BCUT2D eigenvalue weighted by atomic mass is 10.1. The van der Waals surface area contributed by atoms with E-state index >= 15 is 0 Å². The molecule has 0 aliphatic carbocycles. The third-order valence-corrected chi connectivity index (χ3v) is 4.66. The molecular formula is C21H24N2O5. The Balaban J connectivity index is 1.70. The lowest BCUT2D eigenvalue weighted by Gasteiger charge is -2.34. The van der Waals surface area contributed by atoms with Gasteiger partial charge in [0.15, 0.2) is 11.5 Å². The third-order valence-electron chi connectivity index (χ3n) is 4.66. The van der Waals surface area contributed by atoms with Crippen LogP contribution in [0.3, 0.4) is 0 Å². The number of carbonyl (C=O) groups is 2. The van der Waals surface area contributed by atoms with Gasteiger partial charge in [-0.25, -0.2) is 0 Å². The Kier molecular flexibility index (Phi) is 6.49. The molecule has 0 radical (unpaired) electrons. The summed E-state index contributed by atoms with van der Waals surface area (Å²) in [5, 5.41) is 11.8. The second kappa shape index (κ2) is 9.23. The van der Waals surface area contributed by atoms with Gasteiger partial charge in [0, 0.05) is 19.6 Å². The number of amides is 1. The first kappa shape index (κ1) is 19.7. The van der Waals surface area contributed by atoms with Crippen LogP contribution in [0, 0.1) is 0 Å². The predicted molar refractivity (Wildman–Crippen MR) is 103 cm³/mol. The van der Waals surface area contributed by atoms with Crippen molar-refractivity contribution in [1.82, 2.24) is 10.2 Å². The molecule has 1 saturated heterocycles. The maximum Gasteiger partial charge on any atom is 0.305 e. The van der Waals surface area contributed by atoms with E-state index in [1.54, 1.807) is 7.11 Å². The van der Waals surface area contributed by atoms with Crippen molar-refractivity contribution >= 4 is 11.9 Å². The minimum atomic E-state index is -0.991. The molecule has 1 fully saturated rings. The van der Waals surface area contributed by atoms with Crippen LogP contribution in [0.2, 0.25) is 0 Å². The first-order valence-electron chi connectivity index (χ1n) is 9.14. The average Bonchev–Trinajstić information content (AvgIpc) is 2.70. The lowest BCUT2D eigenvalue weighted by molar-refractivity contribution is -0.143. The molecule has 148 valence electrons. The van der Waals surface area contributed by atoms with Gasteiger partial charge in [0.05, 0.1) is 13.5 Å². The Morgan fingerprint density at radius 2 is 1.96 bits per heavy atom. The summed E-state index contributed by atoms with van der Waals surface area (Å²) in [4.78, 5) is 25.0. The normalized spacial score (nSPS) is 17.0. The SMILES string of the molecule is COc1cc(CN2CCNC(=O)C2CC(=O)O)ccc1OCc1ccccc1. The van der Waals surface area contributed by atoms with Crippen molar-refractivity contribution in [2.24, 2.45) is 0 Å². The minimum absolute atomic E-state index is 0.221.